The summed E-state index contributed by atoms with van der Waals surface area (Å²) in [5.41, 5.74) is 5.40. The van der Waals surface area contributed by atoms with E-state index in [-0.39, 0.29) is 17.6 Å². The monoisotopic (exact) mass is 441 g/mol. The Balaban J connectivity index is 2.36. The molecular weight excluding hydrogens is 416 g/mol. The van der Waals surface area contributed by atoms with Crippen LogP contribution in [0.4, 0.5) is 20.2 Å². The van der Waals surface area contributed by atoms with Gasteiger partial charge in [0.1, 0.15) is 11.4 Å². The Labute approximate surface area is 174 Å². The molecule has 5 N–H and O–H groups in total. The molecule has 2 rings (SSSR count). The quantitative estimate of drug-likeness (QED) is 0.404. The van der Waals surface area contributed by atoms with Gasteiger partial charge < -0.3 is 10.5 Å². The Morgan fingerprint density at radius 1 is 1.33 bits per heavy atom. The maximum absolute atomic E-state index is 14.8. The van der Waals surface area contributed by atoms with Crippen LogP contribution >= 0.6 is 0 Å². The van der Waals surface area contributed by atoms with Crippen LogP contribution in [0.5, 0.6) is 5.75 Å². The highest BCUT2D eigenvalue weighted by Gasteiger charge is 2.20. The zero-order chi connectivity index (χ0) is 22.5. The third-order valence-corrected chi connectivity index (χ3v) is 5.24. The third kappa shape index (κ3) is 6.04. The standard InChI is InChI=1S/C19H25F2N5O3S/c1-4-7-30(27,28)25-17-6-5-15(20)19(18(17)21)26(23)11-16(22)13-8-14(10-24-9-13)29-12(2)3/h5-6,8-12,25H,4,7,22-23H2,1-3H3/b16-11-. The first-order chi connectivity index (χ1) is 14.0. The molecule has 0 aliphatic carbocycles. The molecule has 0 spiro atoms. The van der Waals surface area contributed by atoms with Gasteiger partial charge in [-0.25, -0.2) is 23.0 Å². The van der Waals surface area contributed by atoms with Gasteiger partial charge >= 0.3 is 0 Å². The first kappa shape index (κ1) is 23.4. The van der Waals surface area contributed by atoms with Crippen LogP contribution in [-0.2, 0) is 10.0 Å². The van der Waals surface area contributed by atoms with E-state index >= 15 is 0 Å². The Hall–Kier alpha value is -2.92. The van der Waals surface area contributed by atoms with Gasteiger partial charge in [-0.15, -0.1) is 0 Å². The second kappa shape index (κ2) is 9.72. The van der Waals surface area contributed by atoms with Crippen molar-refractivity contribution in [2.24, 2.45) is 11.6 Å². The van der Waals surface area contributed by atoms with Gasteiger partial charge in [0, 0.05) is 18.0 Å². The molecule has 1 heterocycles. The molecule has 0 saturated carbocycles. The van der Waals surface area contributed by atoms with Crippen molar-refractivity contribution in [2.45, 2.75) is 33.3 Å². The Kier molecular flexibility index (Phi) is 7.57. The van der Waals surface area contributed by atoms with Crippen molar-refractivity contribution in [2.75, 3.05) is 15.5 Å². The number of aromatic nitrogens is 1. The van der Waals surface area contributed by atoms with Crippen LogP contribution in [0.1, 0.15) is 32.8 Å². The predicted octanol–water partition coefficient (Wildman–Crippen LogP) is 2.94. The lowest BCUT2D eigenvalue weighted by Crippen LogP contribution is -2.28. The van der Waals surface area contributed by atoms with E-state index in [9.17, 15) is 17.2 Å². The lowest BCUT2D eigenvalue weighted by molar-refractivity contribution is 0.241. The molecule has 1 aromatic carbocycles. The number of halogens is 2. The van der Waals surface area contributed by atoms with Gasteiger partial charge in [-0.2, -0.15) is 0 Å². The lowest BCUT2D eigenvalue weighted by atomic mass is 10.2. The van der Waals surface area contributed by atoms with Crippen LogP contribution in [0.15, 0.2) is 36.8 Å². The maximum atomic E-state index is 14.8. The second-order valence-corrected chi connectivity index (χ2v) is 8.59. The summed E-state index contributed by atoms with van der Waals surface area (Å²) < 4.78 is 60.6. The van der Waals surface area contributed by atoms with Crippen molar-refractivity contribution < 1.29 is 21.9 Å². The number of nitrogens with one attached hydrogen (secondary N) is 1. The number of sulfonamides is 1. The molecule has 1 aromatic heterocycles. The number of nitrogens with two attached hydrogens (primary N) is 2. The highest BCUT2D eigenvalue weighted by Crippen LogP contribution is 2.29. The fourth-order valence-corrected chi connectivity index (χ4v) is 3.68. The highest BCUT2D eigenvalue weighted by atomic mass is 32.2. The van der Waals surface area contributed by atoms with Gasteiger partial charge in [0.05, 0.1) is 29.4 Å². The molecule has 164 valence electrons. The normalized spacial score (nSPS) is 12.2. The molecule has 0 saturated heterocycles. The van der Waals surface area contributed by atoms with Crippen molar-refractivity contribution in [1.82, 2.24) is 4.98 Å². The molecule has 0 aliphatic rings. The van der Waals surface area contributed by atoms with E-state index in [0.717, 1.165) is 18.3 Å². The summed E-state index contributed by atoms with van der Waals surface area (Å²) in [6.07, 6.45) is 4.29. The zero-order valence-electron chi connectivity index (χ0n) is 16.9. The molecule has 0 atom stereocenters. The molecule has 0 aliphatic heterocycles. The third-order valence-electron chi connectivity index (χ3n) is 3.76. The first-order valence-electron chi connectivity index (χ1n) is 9.15. The minimum atomic E-state index is -3.78. The Morgan fingerprint density at radius 2 is 2.03 bits per heavy atom. The van der Waals surface area contributed by atoms with E-state index in [1.165, 1.54) is 12.4 Å². The van der Waals surface area contributed by atoms with E-state index in [1.807, 2.05) is 13.8 Å². The molecule has 2 aromatic rings. The molecule has 30 heavy (non-hydrogen) atoms. The fraction of sp³-hybridized carbons (Fsp3) is 0.316. The van der Waals surface area contributed by atoms with Gasteiger partial charge in [0.25, 0.3) is 0 Å². The lowest BCUT2D eigenvalue weighted by Gasteiger charge is -2.19. The molecule has 0 unspecified atom stereocenters. The number of ether oxygens (including phenoxy) is 1. The summed E-state index contributed by atoms with van der Waals surface area (Å²) >= 11 is 0. The van der Waals surface area contributed by atoms with E-state index in [0.29, 0.717) is 22.7 Å². The van der Waals surface area contributed by atoms with Crippen LogP contribution in [0.2, 0.25) is 0 Å². The number of anilines is 2. The average Bonchev–Trinajstić information content (AvgIpc) is 2.63. The molecular formula is C19H25F2N5O3S. The van der Waals surface area contributed by atoms with Gasteiger partial charge in [-0.1, -0.05) is 6.92 Å². The summed E-state index contributed by atoms with van der Waals surface area (Å²) in [5, 5.41) is 0.646. The van der Waals surface area contributed by atoms with E-state index < -0.39 is 33.0 Å². The molecule has 0 fully saturated rings. The number of pyridine rings is 1. The first-order valence-corrected chi connectivity index (χ1v) is 10.8. The van der Waals surface area contributed by atoms with Crippen LogP contribution in [0, 0.1) is 11.6 Å². The SMILES string of the molecule is CCCS(=O)(=O)Nc1ccc(F)c(N(N)/C=C(\N)c2cncc(OC(C)C)c2)c1F. The van der Waals surface area contributed by atoms with E-state index in [1.54, 1.807) is 13.0 Å². The molecule has 0 bridgehead atoms. The zero-order valence-corrected chi connectivity index (χ0v) is 17.7. The fourth-order valence-electron chi connectivity index (χ4n) is 2.55. The maximum Gasteiger partial charge on any atom is 0.232 e. The molecule has 0 amide bonds. The van der Waals surface area contributed by atoms with Gasteiger partial charge in [0.2, 0.25) is 10.0 Å². The van der Waals surface area contributed by atoms with Crippen LogP contribution in [-0.4, -0.2) is 25.3 Å². The van der Waals surface area contributed by atoms with Crippen molar-refractivity contribution in [3.63, 3.8) is 0 Å². The number of hydrogen-bond acceptors (Lipinski definition) is 7. The van der Waals surface area contributed by atoms with Crippen LogP contribution in [0.25, 0.3) is 5.70 Å². The number of hydrogen-bond donors (Lipinski definition) is 3. The number of benzene rings is 1. The van der Waals surface area contributed by atoms with Crippen molar-refractivity contribution >= 4 is 27.1 Å². The van der Waals surface area contributed by atoms with Crippen LogP contribution in [0.3, 0.4) is 0 Å². The van der Waals surface area contributed by atoms with Gasteiger partial charge in [-0.3, -0.25) is 14.7 Å². The summed E-state index contributed by atoms with van der Waals surface area (Å²) in [5.74, 6) is 3.91. The average molecular weight is 442 g/mol. The molecule has 8 nitrogen and oxygen atoms in total. The van der Waals surface area contributed by atoms with Gasteiger partial charge in [-0.05, 0) is 38.5 Å². The summed E-state index contributed by atoms with van der Waals surface area (Å²) in [7, 11) is -3.78. The van der Waals surface area contributed by atoms with Gasteiger partial charge in [0.15, 0.2) is 11.6 Å². The minimum absolute atomic E-state index is 0.0648. The largest absolute Gasteiger partial charge is 0.489 e. The van der Waals surface area contributed by atoms with Crippen molar-refractivity contribution in [1.29, 1.82) is 0 Å². The number of hydrazine groups is 1. The molecule has 11 heteroatoms. The van der Waals surface area contributed by atoms with Crippen molar-refractivity contribution in [3.8, 4) is 5.75 Å². The number of rotatable bonds is 9. The molecule has 0 radical (unpaired) electrons. The van der Waals surface area contributed by atoms with Crippen LogP contribution < -0.4 is 26.0 Å². The summed E-state index contributed by atoms with van der Waals surface area (Å²) in [6.45, 7) is 5.36. The van der Waals surface area contributed by atoms with E-state index in [4.69, 9.17) is 16.3 Å². The summed E-state index contributed by atoms with van der Waals surface area (Å²) in [6, 6.07) is 3.50. The Bertz CT molecular complexity index is 1030. The van der Waals surface area contributed by atoms with E-state index in [2.05, 4.69) is 9.71 Å². The summed E-state index contributed by atoms with van der Waals surface area (Å²) in [4.78, 5) is 4.02. The predicted molar refractivity (Wildman–Crippen MR) is 113 cm³/mol. The second-order valence-electron chi connectivity index (χ2n) is 6.75. The van der Waals surface area contributed by atoms with Crippen molar-refractivity contribution in [3.05, 3.63) is 54.0 Å². The minimum Gasteiger partial charge on any atom is -0.489 e. The topological polar surface area (TPSA) is 124 Å². The Morgan fingerprint density at radius 3 is 2.67 bits per heavy atom. The smallest absolute Gasteiger partial charge is 0.232 e. The number of nitrogens with zero attached hydrogens (tertiary/aromatic N) is 2. The highest BCUT2D eigenvalue weighted by molar-refractivity contribution is 7.92.